The van der Waals surface area contributed by atoms with E-state index in [2.05, 4.69) is 20.6 Å². The predicted molar refractivity (Wildman–Crippen MR) is 86.3 cm³/mol. The SMILES string of the molecule is CCOc1ccc(-n2ncc(C(=O)NC[C@@H]3CCOC3)c2C)nn1. The number of rotatable bonds is 6. The average Bonchev–Trinajstić information content (AvgIpc) is 3.23. The molecular formula is C16H21N5O3. The zero-order valence-electron chi connectivity index (χ0n) is 13.9. The molecular weight excluding hydrogens is 310 g/mol. The van der Waals surface area contributed by atoms with Crippen LogP contribution in [0, 0.1) is 12.8 Å². The number of ether oxygens (including phenoxy) is 2. The number of nitrogens with zero attached hydrogens (tertiary/aromatic N) is 4. The second kappa shape index (κ2) is 7.39. The lowest BCUT2D eigenvalue weighted by molar-refractivity contribution is 0.0944. The van der Waals surface area contributed by atoms with E-state index in [-0.39, 0.29) is 5.91 Å². The van der Waals surface area contributed by atoms with Crippen molar-refractivity contribution in [3.8, 4) is 11.7 Å². The third kappa shape index (κ3) is 3.53. The van der Waals surface area contributed by atoms with Gasteiger partial charge in [-0.1, -0.05) is 0 Å². The highest BCUT2D eigenvalue weighted by Crippen LogP contribution is 2.15. The Hall–Kier alpha value is -2.48. The smallest absolute Gasteiger partial charge is 0.254 e. The minimum atomic E-state index is -0.135. The third-order valence-corrected chi connectivity index (χ3v) is 3.96. The minimum Gasteiger partial charge on any atom is -0.477 e. The average molecular weight is 331 g/mol. The summed E-state index contributed by atoms with van der Waals surface area (Å²) in [5.74, 6) is 1.26. The van der Waals surface area contributed by atoms with Gasteiger partial charge in [0.05, 0.1) is 30.7 Å². The molecule has 0 radical (unpaired) electrons. The van der Waals surface area contributed by atoms with Gasteiger partial charge in [-0.25, -0.2) is 4.68 Å². The fourth-order valence-corrected chi connectivity index (χ4v) is 2.59. The Morgan fingerprint density at radius 1 is 1.46 bits per heavy atom. The summed E-state index contributed by atoms with van der Waals surface area (Å²) in [5.41, 5.74) is 1.25. The Morgan fingerprint density at radius 2 is 2.33 bits per heavy atom. The Labute approximate surface area is 140 Å². The van der Waals surface area contributed by atoms with E-state index in [4.69, 9.17) is 9.47 Å². The van der Waals surface area contributed by atoms with Gasteiger partial charge in [-0.2, -0.15) is 5.10 Å². The van der Waals surface area contributed by atoms with Crippen LogP contribution in [0.25, 0.3) is 5.82 Å². The molecule has 1 aliphatic rings. The molecule has 8 nitrogen and oxygen atoms in total. The van der Waals surface area contributed by atoms with Crippen LogP contribution < -0.4 is 10.1 Å². The van der Waals surface area contributed by atoms with Crippen molar-refractivity contribution in [3.63, 3.8) is 0 Å². The van der Waals surface area contributed by atoms with E-state index in [9.17, 15) is 4.79 Å². The van der Waals surface area contributed by atoms with Crippen molar-refractivity contribution in [1.82, 2.24) is 25.3 Å². The largest absolute Gasteiger partial charge is 0.477 e. The molecule has 128 valence electrons. The molecule has 2 aromatic rings. The standard InChI is InChI=1S/C16H21N5O3/c1-3-24-15-5-4-14(19-20-15)21-11(2)13(9-18-21)16(22)17-8-12-6-7-23-10-12/h4-5,9,12H,3,6-8,10H2,1-2H3,(H,17,22)/t12-/m0/s1. The summed E-state index contributed by atoms with van der Waals surface area (Å²) < 4.78 is 12.2. The molecule has 8 heteroatoms. The molecule has 3 rings (SSSR count). The molecule has 1 aliphatic heterocycles. The van der Waals surface area contributed by atoms with Crippen LogP contribution in [0.5, 0.6) is 5.88 Å². The predicted octanol–water partition coefficient (Wildman–Crippen LogP) is 1.14. The van der Waals surface area contributed by atoms with Gasteiger partial charge >= 0.3 is 0 Å². The number of carbonyl (C=O) groups is 1. The highest BCUT2D eigenvalue weighted by molar-refractivity contribution is 5.95. The Bertz CT molecular complexity index is 692. The third-order valence-electron chi connectivity index (χ3n) is 3.96. The molecule has 24 heavy (non-hydrogen) atoms. The Morgan fingerprint density at radius 3 is 3.00 bits per heavy atom. The number of aromatic nitrogens is 4. The summed E-state index contributed by atoms with van der Waals surface area (Å²) in [7, 11) is 0. The van der Waals surface area contributed by atoms with Gasteiger partial charge in [0, 0.05) is 25.1 Å². The maximum Gasteiger partial charge on any atom is 0.254 e. The lowest BCUT2D eigenvalue weighted by atomic mass is 10.1. The van der Waals surface area contributed by atoms with E-state index in [0.717, 1.165) is 13.0 Å². The normalized spacial score (nSPS) is 17.0. The quantitative estimate of drug-likeness (QED) is 0.853. The van der Waals surface area contributed by atoms with Gasteiger partial charge in [-0.05, 0) is 26.3 Å². The van der Waals surface area contributed by atoms with Gasteiger partial charge in [0.25, 0.3) is 5.91 Å². The highest BCUT2D eigenvalue weighted by atomic mass is 16.5. The molecule has 0 unspecified atom stereocenters. The summed E-state index contributed by atoms with van der Waals surface area (Å²) >= 11 is 0. The van der Waals surface area contributed by atoms with E-state index in [1.54, 1.807) is 23.0 Å². The molecule has 0 bridgehead atoms. The van der Waals surface area contributed by atoms with Crippen LogP contribution in [-0.2, 0) is 4.74 Å². The van der Waals surface area contributed by atoms with Crippen molar-refractivity contribution in [2.24, 2.45) is 5.92 Å². The van der Waals surface area contributed by atoms with Gasteiger partial charge in [0.15, 0.2) is 5.82 Å². The van der Waals surface area contributed by atoms with E-state index < -0.39 is 0 Å². The zero-order valence-corrected chi connectivity index (χ0v) is 13.9. The summed E-state index contributed by atoms with van der Waals surface area (Å²) in [6.45, 7) is 6.35. The first-order valence-corrected chi connectivity index (χ1v) is 8.06. The van der Waals surface area contributed by atoms with Crippen LogP contribution in [0.15, 0.2) is 18.3 Å². The maximum atomic E-state index is 12.3. The molecule has 0 spiro atoms. The van der Waals surface area contributed by atoms with Crippen LogP contribution in [0.1, 0.15) is 29.4 Å². The Kier molecular flexibility index (Phi) is 5.05. The number of hydrogen-bond acceptors (Lipinski definition) is 6. The van der Waals surface area contributed by atoms with Crippen molar-refractivity contribution in [1.29, 1.82) is 0 Å². The molecule has 0 aliphatic carbocycles. The van der Waals surface area contributed by atoms with Crippen molar-refractivity contribution in [2.75, 3.05) is 26.4 Å². The molecule has 1 amide bonds. The van der Waals surface area contributed by atoms with Crippen LogP contribution in [0.4, 0.5) is 0 Å². The molecule has 2 aromatic heterocycles. The van der Waals surface area contributed by atoms with Crippen LogP contribution >= 0.6 is 0 Å². The molecule has 1 N–H and O–H groups in total. The summed E-state index contributed by atoms with van der Waals surface area (Å²) in [4.78, 5) is 12.3. The molecule has 1 fully saturated rings. The van der Waals surface area contributed by atoms with E-state index in [1.807, 2.05) is 13.8 Å². The molecule has 1 atom stereocenters. The maximum absolute atomic E-state index is 12.3. The van der Waals surface area contributed by atoms with Gasteiger partial charge in [-0.15, -0.1) is 10.2 Å². The first-order chi connectivity index (χ1) is 11.7. The minimum absolute atomic E-state index is 0.135. The molecule has 3 heterocycles. The van der Waals surface area contributed by atoms with Gasteiger partial charge in [0.1, 0.15) is 0 Å². The monoisotopic (exact) mass is 331 g/mol. The fourth-order valence-electron chi connectivity index (χ4n) is 2.59. The lowest BCUT2D eigenvalue weighted by Crippen LogP contribution is -2.29. The summed E-state index contributed by atoms with van der Waals surface area (Å²) in [6, 6.07) is 3.49. The first-order valence-electron chi connectivity index (χ1n) is 8.06. The van der Waals surface area contributed by atoms with Gasteiger partial charge in [0.2, 0.25) is 5.88 Å². The number of amides is 1. The van der Waals surface area contributed by atoms with E-state index in [1.165, 1.54) is 0 Å². The van der Waals surface area contributed by atoms with E-state index in [0.29, 0.717) is 48.6 Å². The molecule has 0 saturated carbocycles. The highest BCUT2D eigenvalue weighted by Gasteiger charge is 2.19. The molecule has 1 saturated heterocycles. The second-order valence-electron chi connectivity index (χ2n) is 5.66. The van der Waals surface area contributed by atoms with Crippen molar-refractivity contribution < 1.29 is 14.3 Å². The number of nitrogens with one attached hydrogen (secondary N) is 1. The topological polar surface area (TPSA) is 91.2 Å². The second-order valence-corrected chi connectivity index (χ2v) is 5.66. The fraction of sp³-hybridized carbons (Fsp3) is 0.500. The van der Waals surface area contributed by atoms with Crippen LogP contribution in [0.2, 0.25) is 0 Å². The zero-order chi connectivity index (χ0) is 16.9. The molecule has 0 aromatic carbocycles. The Balaban J connectivity index is 1.69. The van der Waals surface area contributed by atoms with Crippen LogP contribution in [0.3, 0.4) is 0 Å². The number of hydrogen-bond donors (Lipinski definition) is 1. The lowest BCUT2D eigenvalue weighted by Gasteiger charge is -2.09. The number of carbonyl (C=O) groups excluding carboxylic acids is 1. The van der Waals surface area contributed by atoms with Crippen molar-refractivity contribution >= 4 is 5.91 Å². The van der Waals surface area contributed by atoms with Gasteiger partial charge < -0.3 is 14.8 Å². The first kappa shape index (κ1) is 16.4. The van der Waals surface area contributed by atoms with E-state index >= 15 is 0 Å². The van der Waals surface area contributed by atoms with Crippen molar-refractivity contribution in [2.45, 2.75) is 20.3 Å². The van der Waals surface area contributed by atoms with Crippen molar-refractivity contribution in [3.05, 3.63) is 29.6 Å². The van der Waals surface area contributed by atoms with Crippen LogP contribution in [-0.4, -0.2) is 52.3 Å². The summed E-state index contributed by atoms with van der Waals surface area (Å²) in [6.07, 6.45) is 2.54. The van der Waals surface area contributed by atoms with Gasteiger partial charge in [-0.3, -0.25) is 4.79 Å². The summed E-state index contributed by atoms with van der Waals surface area (Å²) in [5, 5.41) is 15.3.